The van der Waals surface area contributed by atoms with E-state index in [1.165, 1.54) is 16.8 Å². The second kappa shape index (κ2) is 5.09. The van der Waals surface area contributed by atoms with Gasteiger partial charge in [-0.05, 0) is 61.4 Å². The molecule has 1 heterocycles. The van der Waals surface area contributed by atoms with E-state index >= 15 is 0 Å². The van der Waals surface area contributed by atoms with E-state index in [0.29, 0.717) is 5.69 Å². The zero-order valence-electron chi connectivity index (χ0n) is 12.6. The Kier molecular flexibility index (Phi) is 3.26. The number of nitrogens with two attached hydrogens (primary N) is 1. The van der Waals surface area contributed by atoms with Crippen molar-refractivity contribution in [3.8, 4) is 0 Å². The van der Waals surface area contributed by atoms with Crippen LogP contribution in [0.2, 0.25) is 0 Å². The molecule has 3 heteroatoms. The predicted octanol–water partition coefficient (Wildman–Crippen LogP) is 4.20. The van der Waals surface area contributed by atoms with Crippen LogP contribution in [0.15, 0.2) is 48.7 Å². The summed E-state index contributed by atoms with van der Waals surface area (Å²) in [4.78, 5) is 6.58. The Bertz CT molecular complexity index is 788. The lowest BCUT2D eigenvalue weighted by molar-refractivity contribution is 1.20. The molecule has 2 N–H and O–H groups in total. The van der Waals surface area contributed by atoms with Gasteiger partial charge < -0.3 is 10.6 Å². The molecule has 3 nitrogen and oxygen atoms in total. The maximum atomic E-state index is 6.03. The van der Waals surface area contributed by atoms with Crippen molar-refractivity contribution in [3.63, 3.8) is 0 Å². The molecule has 106 valence electrons. The van der Waals surface area contributed by atoms with Gasteiger partial charge in [0.15, 0.2) is 0 Å². The summed E-state index contributed by atoms with van der Waals surface area (Å²) in [5.74, 6) is 0. The van der Waals surface area contributed by atoms with E-state index < -0.39 is 0 Å². The van der Waals surface area contributed by atoms with Gasteiger partial charge in [-0.15, -0.1) is 0 Å². The molecule has 0 aliphatic heterocycles. The van der Waals surface area contributed by atoms with Crippen molar-refractivity contribution in [3.05, 3.63) is 59.8 Å². The quantitative estimate of drug-likeness (QED) is 0.714. The maximum absolute atomic E-state index is 6.03. The molecule has 21 heavy (non-hydrogen) atoms. The van der Waals surface area contributed by atoms with Crippen LogP contribution in [0.4, 0.5) is 17.1 Å². The van der Waals surface area contributed by atoms with Gasteiger partial charge in [0.05, 0.1) is 16.9 Å². The molecular weight excluding hydrogens is 258 g/mol. The first kappa shape index (κ1) is 13.4. The normalized spacial score (nSPS) is 10.8. The van der Waals surface area contributed by atoms with Gasteiger partial charge >= 0.3 is 0 Å². The number of nitrogens with zero attached hydrogens (tertiary/aromatic N) is 2. The van der Waals surface area contributed by atoms with Gasteiger partial charge in [-0.25, -0.2) is 0 Å². The summed E-state index contributed by atoms with van der Waals surface area (Å²) in [7, 11) is 2.08. The van der Waals surface area contributed by atoms with Crippen molar-refractivity contribution in [2.24, 2.45) is 0 Å². The van der Waals surface area contributed by atoms with Crippen LogP contribution in [0, 0.1) is 13.8 Å². The van der Waals surface area contributed by atoms with Crippen molar-refractivity contribution in [1.82, 2.24) is 4.98 Å². The summed E-state index contributed by atoms with van der Waals surface area (Å²) in [5.41, 5.74) is 12.4. The third-order valence-electron chi connectivity index (χ3n) is 3.73. The molecule has 0 radical (unpaired) electrons. The lowest BCUT2D eigenvalue weighted by atomic mass is 10.1. The van der Waals surface area contributed by atoms with Crippen molar-refractivity contribution in [2.75, 3.05) is 17.7 Å². The van der Waals surface area contributed by atoms with Gasteiger partial charge in [-0.2, -0.15) is 0 Å². The van der Waals surface area contributed by atoms with E-state index in [4.69, 9.17) is 5.73 Å². The molecular formula is C18H19N3. The summed E-state index contributed by atoms with van der Waals surface area (Å²) < 4.78 is 0. The van der Waals surface area contributed by atoms with Crippen molar-refractivity contribution >= 4 is 28.0 Å². The van der Waals surface area contributed by atoms with E-state index in [1.54, 1.807) is 6.20 Å². The van der Waals surface area contributed by atoms with Gasteiger partial charge in [0, 0.05) is 24.3 Å². The van der Waals surface area contributed by atoms with Crippen LogP contribution < -0.4 is 10.6 Å². The second-order valence-corrected chi connectivity index (χ2v) is 5.48. The summed E-state index contributed by atoms with van der Waals surface area (Å²) in [6, 6.07) is 14.5. The van der Waals surface area contributed by atoms with E-state index in [-0.39, 0.29) is 0 Å². The summed E-state index contributed by atoms with van der Waals surface area (Å²) in [6.45, 7) is 4.24. The first-order valence-corrected chi connectivity index (χ1v) is 7.01. The summed E-state index contributed by atoms with van der Waals surface area (Å²) >= 11 is 0. The van der Waals surface area contributed by atoms with Crippen LogP contribution in [-0.4, -0.2) is 12.0 Å². The lowest BCUT2D eigenvalue weighted by Crippen LogP contribution is -2.11. The molecule has 1 aromatic heterocycles. The molecule has 2 aromatic carbocycles. The number of rotatable bonds is 2. The number of anilines is 3. The Balaban J connectivity index is 2.18. The summed E-state index contributed by atoms with van der Waals surface area (Å²) in [5, 5.41) is 1.07. The van der Waals surface area contributed by atoms with Crippen LogP contribution in [0.5, 0.6) is 0 Å². The highest BCUT2D eigenvalue weighted by Crippen LogP contribution is 2.33. The summed E-state index contributed by atoms with van der Waals surface area (Å²) in [6.07, 6.45) is 1.78. The van der Waals surface area contributed by atoms with Gasteiger partial charge in [-0.3, -0.25) is 4.98 Å². The standard InChI is InChI=1S/C18H19N3/c1-12-9-13(2)11-14(10-12)21(3)17-7-6-16(19)18-15(17)5-4-8-20-18/h4-11H,19H2,1-3H3. The Morgan fingerprint density at radius 1 is 1.00 bits per heavy atom. The van der Waals surface area contributed by atoms with Gasteiger partial charge in [-0.1, -0.05) is 6.07 Å². The Morgan fingerprint density at radius 2 is 1.71 bits per heavy atom. The Morgan fingerprint density at radius 3 is 2.43 bits per heavy atom. The average Bonchev–Trinajstić information content (AvgIpc) is 2.46. The van der Waals surface area contributed by atoms with Crippen LogP contribution in [0.1, 0.15) is 11.1 Å². The first-order chi connectivity index (χ1) is 10.1. The molecule has 3 rings (SSSR count). The molecule has 0 saturated heterocycles. The number of pyridine rings is 1. The lowest BCUT2D eigenvalue weighted by Gasteiger charge is -2.22. The number of benzene rings is 2. The fourth-order valence-corrected chi connectivity index (χ4v) is 2.76. The average molecular weight is 277 g/mol. The molecule has 0 unspecified atom stereocenters. The number of fused-ring (bicyclic) bond motifs is 1. The van der Waals surface area contributed by atoms with Gasteiger partial charge in [0.2, 0.25) is 0 Å². The highest BCUT2D eigenvalue weighted by atomic mass is 15.1. The van der Waals surface area contributed by atoms with Crippen molar-refractivity contribution in [1.29, 1.82) is 0 Å². The van der Waals surface area contributed by atoms with Gasteiger partial charge in [0.1, 0.15) is 0 Å². The largest absolute Gasteiger partial charge is 0.397 e. The highest BCUT2D eigenvalue weighted by Gasteiger charge is 2.11. The van der Waals surface area contributed by atoms with Gasteiger partial charge in [0.25, 0.3) is 0 Å². The fraction of sp³-hybridized carbons (Fsp3) is 0.167. The third kappa shape index (κ3) is 2.42. The van der Waals surface area contributed by atoms with Crippen molar-refractivity contribution in [2.45, 2.75) is 13.8 Å². The van der Waals surface area contributed by atoms with Crippen LogP contribution >= 0.6 is 0 Å². The maximum Gasteiger partial charge on any atom is 0.0952 e. The minimum atomic E-state index is 0.711. The molecule has 0 bridgehead atoms. The van der Waals surface area contributed by atoms with Crippen LogP contribution in [0.25, 0.3) is 10.9 Å². The zero-order valence-corrected chi connectivity index (χ0v) is 12.6. The molecule has 0 aliphatic rings. The van der Waals surface area contributed by atoms with E-state index in [1.807, 2.05) is 12.1 Å². The highest BCUT2D eigenvalue weighted by molar-refractivity contribution is 5.99. The molecule has 0 atom stereocenters. The zero-order chi connectivity index (χ0) is 15.0. The number of nitrogen functional groups attached to an aromatic ring is 1. The second-order valence-electron chi connectivity index (χ2n) is 5.48. The topological polar surface area (TPSA) is 42.1 Å². The minimum absolute atomic E-state index is 0.711. The number of hydrogen-bond donors (Lipinski definition) is 1. The first-order valence-electron chi connectivity index (χ1n) is 7.01. The Hall–Kier alpha value is -2.55. The SMILES string of the molecule is Cc1cc(C)cc(N(C)c2ccc(N)c3ncccc23)c1. The monoisotopic (exact) mass is 277 g/mol. The predicted molar refractivity (Wildman–Crippen MR) is 90.1 cm³/mol. The van der Waals surface area contributed by atoms with Crippen LogP contribution in [0.3, 0.4) is 0 Å². The molecule has 0 amide bonds. The van der Waals surface area contributed by atoms with Crippen molar-refractivity contribution < 1.29 is 0 Å². The molecule has 0 aliphatic carbocycles. The number of aryl methyl sites for hydroxylation is 2. The van der Waals surface area contributed by atoms with E-state index in [2.05, 4.69) is 61.1 Å². The van der Waals surface area contributed by atoms with E-state index in [9.17, 15) is 0 Å². The molecule has 0 saturated carbocycles. The molecule has 3 aromatic rings. The third-order valence-corrected chi connectivity index (χ3v) is 3.73. The molecule has 0 fully saturated rings. The molecule has 0 spiro atoms. The fourth-order valence-electron chi connectivity index (χ4n) is 2.76. The minimum Gasteiger partial charge on any atom is -0.397 e. The van der Waals surface area contributed by atoms with Crippen LogP contribution in [-0.2, 0) is 0 Å². The number of aromatic nitrogens is 1. The van der Waals surface area contributed by atoms with E-state index in [0.717, 1.165) is 16.6 Å². The number of hydrogen-bond acceptors (Lipinski definition) is 3. The smallest absolute Gasteiger partial charge is 0.0952 e. The Labute approximate surface area is 125 Å².